The molecule has 0 spiro atoms. The lowest BCUT2D eigenvalue weighted by Gasteiger charge is -2.28. The third kappa shape index (κ3) is 5.42. The van der Waals surface area contributed by atoms with Crippen molar-refractivity contribution >= 4 is 27.5 Å². The average molecular weight is 720 g/mol. The van der Waals surface area contributed by atoms with Gasteiger partial charge in [0.25, 0.3) is 0 Å². The Labute approximate surface area is 326 Å². The highest BCUT2D eigenvalue weighted by Gasteiger charge is 2.26. The monoisotopic (exact) mass is 719 g/mol. The average Bonchev–Trinajstić information content (AvgIpc) is 3.54. The topological polar surface area (TPSA) is 38.2 Å². The molecule has 0 amide bonds. The van der Waals surface area contributed by atoms with Gasteiger partial charge in [-0.3, -0.25) is 5.32 Å². The number of para-hydroxylation sites is 2. The molecule has 1 aromatic heterocycles. The van der Waals surface area contributed by atoms with E-state index < -0.39 is 0 Å². The van der Waals surface area contributed by atoms with Gasteiger partial charge in [0.2, 0.25) is 0 Å². The van der Waals surface area contributed by atoms with Crippen molar-refractivity contribution in [3.63, 3.8) is 0 Å². The largest absolute Gasteiger partial charge is 0.454 e. The van der Waals surface area contributed by atoms with E-state index in [0.717, 1.165) is 51.6 Å². The number of rotatable bonds is 5. The van der Waals surface area contributed by atoms with Crippen LogP contribution in [0.4, 0.5) is 0 Å². The van der Waals surface area contributed by atoms with Crippen molar-refractivity contribution in [3.8, 4) is 61.7 Å². The van der Waals surface area contributed by atoms with Gasteiger partial charge in [-0.2, -0.15) is 0 Å². The lowest BCUT2D eigenvalue weighted by atomic mass is 9.94. The summed E-state index contributed by atoms with van der Waals surface area (Å²) in [6, 6.07) is 67.3. The molecule has 8 aromatic carbocycles. The zero-order chi connectivity index (χ0) is 37.0. The molecule has 1 atom stereocenters. The first-order valence-electron chi connectivity index (χ1n) is 19.3. The molecule has 0 saturated heterocycles. The Morgan fingerprint density at radius 2 is 1.12 bits per heavy atom. The number of benzene rings is 8. The summed E-state index contributed by atoms with van der Waals surface area (Å²) in [5.41, 5.74) is 16.2. The fraction of sp³-hybridized carbons (Fsp3) is 0.0385. The SMILES string of the molecule is C1=C(c2cccc(-c3ccc(-c4ccccc4)cc3)c2)NC(c2ccc(-n3c4ccccc4c4ccc5c(c43)Oc3ccccc3-c3ccccc3-5)cc2)NC1. The van der Waals surface area contributed by atoms with Gasteiger partial charge >= 0.3 is 0 Å². The van der Waals surface area contributed by atoms with Crippen LogP contribution in [-0.2, 0) is 0 Å². The molecular weight excluding hydrogens is 683 g/mol. The number of hydrogen-bond donors (Lipinski definition) is 2. The molecule has 0 radical (unpaired) electrons. The van der Waals surface area contributed by atoms with Gasteiger partial charge in [0, 0.05) is 39.8 Å². The van der Waals surface area contributed by atoms with Crippen LogP contribution in [0.3, 0.4) is 0 Å². The molecule has 0 fully saturated rings. The van der Waals surface area contributed by atoms with Crippen LogP contribution >= 0.6 is 0 Å². The molecular formula is C52H37N3O. The van der Waals surface area contributed by atoms with Crippen molar-refractivity contribution in [2.45, 2.75) is 6.17 Å². The van der Waals surface area contributed by atoms with Crippen molar-refractivity contribution in [1.29, 1.82) is 0 Å². The zero-order valence-electron chi connectivity index (χ0n) is 30.6. The third-order valence-electron chi connectivity index (χ3n) is 11.3. The normalized spacial score (nSPS) is 14.5. The number of hydrogen-bond acceptors (Lipinski definition) is 3. The van der Waals surface area contributed by atoms with Crippen molar-refractivity contribution in [2.24, 2.45) is 0 Å². The Hall–Kier alpha value is -7.14. The van der Waals surface area contributed by atoms with Crippen LogP contribution < -0.4 is 15.4 Å². The van der Waals surface area contributed by atoms with E-state index in [1.165, 1.54) is 55.3 Å². The summed E-state index contributed by atoms with van der Waals surface area (Å²) in [6.07, 6.45) is 2.20. The summed E-state index contributed by atoms with van der Waals surface area (Å²) in [4.78, 5) is 0. The Morgan fingerprint density at radius 1 is 0.482 bits per heavy atom. The van der Waals surface area contributed by atoms with E-state index in [0.29, 0.717) is 0 Å². The van der Waals surface area contributed by atoms with Gasteiger partial charge < -0.3 is 14.6 Å². The third-order valence-corrected chi connectivity index (χ3v) is 11.3. The number of nitrogens with one attached hydrogen (secondary N) is 2. The van der Waals surface area contributed by atoms with Crippen molar-refractivity contribution in [3.05, 3.63) is 205 Å². The molecule has 2 aliphatic rings. The molecule has 3 heterocycles. The number of aromatic nitrogens is 1. The van der Waals surface area contributed by atoms with Crippen molar-refractivity contribution in [1.82, 2.24) is 15.2 Å². The second-order valence-electron chi connectivity index (χ2n) is 14.6. The first kappa shape index (κ1) is 32.3. The summed E-state index contributed by atoms with van der Waals surface area (Å²) in [5, 5.41) is 9.83. The molecule has 2 N–H and O–H groups in total. The number of fused-ring (bicyclic) bond motifs is 9. The smallest absolute Gasteiger partial charge is 0.159 e. The van der Waals surface area contributed by atoms with Gasteiger partial charge in [0.15, 0.2) is 5.75 Å². The van der Waals surface area contributed by atoms with Crippen LogP contribution in [0.1, 0.15) is 17.3 Å². The number of ether oxygens (including phenoxy) is 1. The summed E-state index contributed by atoms with van der Waals surface area (Å²) >= 11 is 0. The highest BCUT2D eigenvalue weighted by molar-refractivity contribution is 6.14. The first-order valence-corrected chi connectivity index (χ1v) is 19.3. The summed E-state index contributed by atoms with van der Waals surface area (Å²) in [5.74, 6) is 1.74. The van der Waals surface area contributed by atoms with Gasteiger partial charge in [-0.25, -0.2) is 0 Å². The number of nitrogens with zero attached hydrogens (tertiary/aromatic N) is 1. The van der Waals surface area contributed by atoms with Gasteiger partial charge in [-0.05, 0) is 87.0 Å². The van der Waals surface area contributed by atoms with E-state index in [4.69, 9.17) is 4.74 Å². The molecule has 1 unspecified atom stereocenters. The fourth-order valence-electron chi connectivity index (χ4n) is 8.57. The molecule has 266 valence electrons. The molecule has 2 aliphatic heterocycles. The Morgan fingerprint density at radius 3 is 1.95 bits per heavy atom. The Bertz CT molecular complexity index is 2960. The molecule has 4 heteroatoms. The van der Waals surface area contributed by atoms with Crippen molar-refractivity contribution < 1.29 is 4.74 Å². The van der Waals surface area contributed by atoms with E-state index in [9.17, 15) is 0 Å². The van der Waals surface area contributed by atoms with E-state index in [-0.39, 0.29) is 6.17 Å². The molecule has 9 aromatic rings. The minimum atomic E-state index is -0.0383. The maximum Gasteiger partial charge on any atom is 0.159 e. The summed E-state index contributed by atoms with van der Waals surface area (Å²) in [6.45, 7) is 0.768. The Balaban J connectivity index is 0.929. The van der Waals surface area contributed by atoms with Crippen LogP contribution in [0.15, 0.2) is 194 Å². The molecule has 0 saturated carbocycles. The molecule has 4 nitrogen and oxygen atoms in total. The predicted molar refractivity (Wildman–Crippen MR) is 231 cm³/mol. The highest BCUT2D eigenvalue weighted by atomic mass is 16.5. The fourth-order valence-corrected chi connectivity index (χ4v) is 8.57. The second kappa shape index (κ2) is 13.3. The lowest BCUT2D eigenvalue weighted by Crippen LogP contribution is -2.37. The maximum absolute atomic E-state index is 6.98. The quantitative estimate of drug-likeness (QED) is 0.186. The first-order chi connectivity index (χ1) is 27.8. The Kier molecular flexibility index (Phi) is 7.68. The van der Waals surface area contributed by atoms with Crippen LogP contribution in [0.25, 0.3) is 77.7 Å². The van der Waals surface area contributed by atoms with Gasteiger partial charge in [0.1, 0.15) is 11.9 Å². The molecule has 0 aliphatic carbocycles. The van der Waals surface area contributed by atoms with Crippen molar-refractivity contribution in [2.75, 3.05) is 6.54 Å². The predicted octanol–water partition coefficient (Wildman–Crippen LogP) is 12.8. The van der Waals surface area contributed by atoms with E-state index >= 15 is 0 Å². The minimum Gasteiger partial charge on any atom is -0.454 e. The summed E-state index contributed by atoms with van der Waals surface area (Å²) in [7, 11) is 0. The lowest BCUT2D eigenvalue weighted by molar-refractivity contribution is 0.491. The van der Waals surface area contributed by atoms with Crippen LogP contribution in [0, 0.1) is 0 Å². The maximum atomic E-state index is 6.98. The van der Waals surface area contributed by atoms with E-state index in [1.807, 2.05) is 0 Å². The van der Waals surface area contributed by atoms with Crippen LogP contribution in [-0.4, -0.2) is 11.1 Å². The van der Waals surface area contributed by atoms with E-state index in [1.54, 1.807) is 0 Å². The van der Waals surface area contributed by atoms with Crippen LogP contribution in [0.2, 0.25) is 0 Å². The highest BCUT2D eigenvalue weighted by Crippen LogP contribution is 2.51. The van der Waals surface area contributed by atoms with E-state index in [2.05, 4.69) is 209 Å². The van der Waals surface area contributed by atoms with Crippen LogP contribution in [0.5, 0.6) is 11.5 Å². The second-order valence-corrected chi connectivity index (χ2v) is 14.6. The zero-order valence-corrected chi connectivity index (χ0v) is 30.6. The standard InChI is InChI=1S/C52H37N3O/c1-2-11-34(12-3-1)35-21-23-36(24-22-35)38-13-10-14-39(33-38)47-31-32-53-52(54-47)37-25-27-40(28-26-37)55-48-19-8-6-17-43(48)45-29-30-46-42-16-5-4-15-41(42)44-18-7-9-20-49(44)56-51(46)50(45)55/h1-31,33,52-54H,32H2. The van der Waals surface area contributed by atoms with Gasteiger partial charge in [0.05, 0.1) is 11.0 Å². The summed E-state index contributed by atoms with van der Waals surface area (Å²) < 4.78 is 9.35. The molecule has 11 rings (SSSR count). The van der Waals surface area contributed by atoms with Gasteiger partial charge in [-0.1, -0.05) is 152 Å². The molecule has 0 bridgehead atoms. The molecule has 56 heavy (non-hydrogen) atoms. The minimum absolute atomic E-state index is 0.0383. The van der Waals surface area contributed by atoms with Gasteiger partial charge in [-0.15, -0.1) is 0 Å².